The summed E-state index contributed by atoms with van der Waals surface area (Å²) < 4.78 is 17.2. The first kappa shape index (κ1) is 12.9. The molecule has 0 aliphatic carbocycles. The fourth-order valence-corrected chi connectivity index (χ4v) is 8.78. The molecule has 0 fully saturated rings. The molecule has 5 heteroatoms. The summed E-state index contributed by atoms with van der Waals surface area (Å²) in [5.41, 5.74) is 0. The molecule has 0 N–H and O–H groups in total. The van der Waals surface area contributed by atoms with Crippen molar-refractivity contribution in [1.29, 1.82) is 0 Å². The topological polar surface area (TPSA) is 26.3 Å². The van der Waals surface area contributed by atoms with Crippen LogP contribution < -0.4 is 0 Å². The zero-order chi connectivity index (χ0) is 9.61. The maximum absolute atomic E-state index is 11.9. The van der Waals surface area contributed by atoms with Crippen molar-refractivity contribution in [3.8, 4) is 0 Å². The monoisotopic (exact) mass is 228 g/mol. The minimum absolute atomic E-state index is 0.362. The van der Waals surface area contributed by atoms with E-state index >= 15 is 0 Å². The normalized spacial score (nSPS) is 16.4. The van der Waals surface area contributed by atoms with Crippen LogP contribution in [-0.4, -0.2) is 17.6 Å². The van der Waals surface area contributed by atoms with Gasteiger partial charge in [-0.3, -0.25) is 4.57 Å². The van der Waals surface area contributed by atoms with Crippen LogP contribution in [0.2, 0.25) is 0 Å². The first-order chi connectivity index (χ1) is 5.54. The molecule has 0 radical (unpaired) electrons. The zero-order valence-corrected chi connectivity index (χ0v) is 10.6. The van der Waals surface area contributed by atoms with Crippen molar-refractivity contribution >= 4 is 28.5 Å². The third-order valence-corrected chi connectivity index (χ3v) is 8.86. The molecule has 0 heterocycles. The molecule has 0 rings (SSSR count). The van der Waals surface area contributed by atoms with E-state index in [0.29, 0.717) is 11.9 Å². The van der Waals surface area contributed by atoms with E-state index in [9.17, 15) is 4.57 Å². The summed E-state index contributed by atoms with van der Waals surface area (Å²) in [5, 5.41) is 0.362. The fraction of sp³-hybridized carbons (Fsp3) is 1.00. The smallest absolute Gasteiger partial charge is 0.313 e. The molecule has 0 amide bonds. The molecule has 1 unspecified atom stereocenters. The quantitative estimate of drug-likeness (QED) is 0.641. The van der Waals surface area contributed by atoms with Crippen molar-refractivity contribution in [2.45, 2.75) is 32.9 Å². The Hall–Kier alpha value is 0.890. The molecule has 12 heavy (non-hydrogen) atoms. The minimum Gasteiger partial charge on any atom is -0.314 e. The first-order valence-electron chi connectivity index (χ1n) is 4.11. The predicted octanol–water partition coefficient (Wildman–Crippen LogP) is 4.03. The summed E-state index contributed by atoms with van der Waals surface area (Å²) in [6, 6.07) is 0. The third kappa shape index (κ3) is 5.52. The van der Waals surface area contributed by atoms with Crippen molar-refractivity contribution in [2.24, 2.45) is 0 Å². The van der Waals surface area contributed by atoms with Gasteiger partial charge in [0, 0.05) is 11.0 Å². The Morgan fingerprint density at radius 2 is 2.00 bits per heavy atom. The number of hydrogen-bond acceptors (Lipinski definition) is 4. The molecule has 0 aromatic heterocycles. The molecule has 0 aromatic rings. The van der Waals surface area contributed by atoms with Gasteiger partial charge in [0.15, 0.2) is 0 Å². The maximum Gasteiger partial charge on any atom is 0.313 e. The number of rotatable bonds is 6. The lowest BCUT2D eigenvalue weighted by molar-refractivity contribution is 0.357. The van der Waals surface area contributed by atoms with Gasteiger partial charge >= 0.3 is 5.77 Å². The van der Waals surface area contributed by atoms with Gasteiger partial charge in [0.05, 0.1) is 6.61 Å². The summed E-state index contributed by atoms with van der Waals surface area (Å²) in [4.78, 5) is 0. The van der Waals surface area contributed by atoms with Crippen molar-refractivity contribution in [2.75, 3.05) is 12.4 Å². The molecule has 74 valence electrons. The second-order valence-corrected chi connectivity index (χ2v) is 10.6. The molecule has 1 atom stereocenters. The lowest BCUT2D eigenvalue weighted by Crippen LogP contribution is -1.89. The Morgan fingerprint density at radius 1 is 1.42 bits per heavy atom. The van der Waals surface area contributed by atoms with E-state index in [4.69, 9.17) is 4.52 Å². The fourth-order valence-electron chi connectivity index (χ4n) is 0.673. The maximum atomic E-state index is 11.9. The lowest BCUT2D eigenvalue weighted by Gasteiger charge is -2.16. The van der Waals surface area contributed by atoms with Crippen LogP contribution in [0.25, 0.3) is 0 Å². The van der Waals surface area contributed by atoms with Crippen LogP contribution in [0.3, 0.4) is 0 Å². The molecular formula is C7H17O2PS2. The largest absolute Gasteiger partial charge is 0.314 e. The average molecular weight is 228 g/mol. The molecule has 0 saturated heterocycles. The molecule has 0 saturated carbocycles. The van der Waals surface area contributed by atoms with Crippen molar-refractivity contribution < 1.29 is 9.09 Å². The Labute approximate surface area is 83.2 Å². The van der Waals surface area contributed by atoms with E-state index in [1.54, 1.807) is 0 Å². The number of hydrogen-bond donors (Lipinski definition) is 0. The SMILES string of the molecule is CCOP(=O)(SCC)SC(C)C. The Bertz CT molecular complexity index is 151. The third-order valence-electron chi connectivity index (χ3n) is 0.914. The van der Waals surface area contributed by atoms with Gasteiger partial charge in [-0.15, -0.1) is 0 Å². The van der Waals surface area contributed by atoms with Gasteiger partial charge in [-0.2, -0.15) is 0 Å². The van der Waals surface area contributed by atoms with Gasteiger partial charge < -0.3 is 4.52 Å². The standard InChI is InChI=1S/C7H17O2PS2/c1-5-9-10(8,11-6-2)12-7(3)4/h7H,5-6H2,1-4H3. The van der Waals surface area contributed by atoms with E-state index in [1.165, 1.54) is 22.8 Å². The zero-order valence-electron chi connectivity index (χ0n) is 8.07. The molecule has 0 bridgehead atoms. The predicted molar refractivity (Wildman–Crippen MR) is 60.1 cm³/mol. The Kier molecular flexibility index (Phi) is 6.83. The summed E-state index contributed by atoms with van der Waals surface area (Å²) in [7, 11) is 0. The summed E-state index contributed by atoms with van der Waals surface area (Å²) in [6.45, 7) is 8.48. The second-order valence-electron chi connectivity index (χ2n) is 2.44. The van der Waals surface area contributed by atoms with Crippen LogP contribution in [0.15, 0.2) is 0 Å². The van der Waals surface area contributed by atoms with Crippen LogP contribution >= 0.6 is 28.5 Å². The van der Waals surface area contributed by atoms with Crippen molar-refractivity contribution in [1.82, 2.24) is 0 Å². The van der Waals surface area contributed by atoms with Crippen molar-refractivity contribution in [3.05, 3.63) is 0 Å². The van der Waals surface area contributed by atoms with Gasteiger partial charge in [0.1, 0.15) is 0 Å². The highest BCUT2D eigenvalue weighted by atomic mass is 33.1. The van der Waals surface area contributed by atoms with Crippen LogP contribution in [0.4, 0.5) is 0 Å². The molecule has 0 aliphatic rings. The Morgan fingerprint density at radius 3 is 2.33 bits per heavy atom. The Balaban J connectivity index is 4.08. The molecule has 0 aromatic carbocycles. The van der Waals surface area contributed by atoms with Crippen LogP contribution in [-0.2, 0) is 9.09 Å². The highest BCUT2D eigenvalue weighted by Gasteiger charge is 2.24. The molecule has 0 spiro atoms. The first-order valence-corrected chi connectivity index (χ1v) is 8.81. The van der Waals surface area contributed by atoms with E-state index in [-0.39, 0.29) is 0 Å². The van der Waals surface area contributed by atoms with E-state index in [0.717, 1.165) is 5.75 Å². The van der Waals surface area contributed by atoms with Gasteiger partial charge in [-0.05, 0) is 6.92 Å². The van der Waals surface area contributed by atoms with E-state index in [2.05, 4.69) is 0 Å². The van der Waals surface area contributed by atoms with Crippen LogP contribution in [0.5, 0.6) is 0 Å². The second kappa shape index (κ2) is 6.36. The van der Waals surface area contributed by atoms with Crippen LogP contribution in [0, 0.1) is 0 Å². The van der Waals surface area contributed by atoms with E-state index in [1.807, 2.05) is 27.7 Å². The van der Waals surface area contributed by atoms with Crippen molar-refractivity contribution in [3.63, 3.8) is 0 Å². The lowest BCUT2D eigenvalue weighted by atomic mass is 10.6. The molecule has 2 nitrogen and oxygen atoms in total. The molecule has 0 aliphatic heterocycles. The highest BCUT2D eigenvalue weighted by Crippen LogP contribution is 2.70. The molecular weight excluding hydrogens is 211 g/mol. The highest BCUT2D eigenvalue weighted by molar-refractivity contribution is 8.89. The van der Waals surface area contributed by atoms with Gasteiger partial charge in [0.2, 0.25) is 0 Å². The minimum atomic E-state index is -2.44. The van der Waals surface area contributed by atoms with Gasteiger partial charge in [-0.1, -0.05) is 43.5 Å². The average Bonchev–Trinajstić information content (AvgIpc) is 1.85. The summed E-state index contributed by atoms with van der Waals surface area (Å²) in [5.74, 6) is -1.60. The van der Waals surface area contributed by atoms with Gasteiger partial charge in [0.25, 0.3) is 0 Å². The van der Waals surface area contributed by atoms with Gasteiger partial charge in [-0.25, -0.2) is 0 Å². The summed E-state index contributed by atoms with van der Waals surface area (Å²) in [6.07, 6.45) is 0. The van der Waals surface area contributed by atoms with Crippen LogP contribution in [0.1, 0.15) is 27.7 Å². The van der Waals surface area contributed by atoms with E-state index < -0.39 is 5.77 Å². The summed E-state index contributed by atoms with van der Waals surface area (Å²) >= 11 is 2.88.